The number of fused-ring (bicyclic) bond motifs is 1. The van der Waals surface area contributed by atoms with Gasteiger partial charge in [0.15, 0.2) is 5.82 Å². The second kappa shape index (κ2) is 5.35. The number of hydrogen-bond acceptors (Lipinski definition) is 2. The molecule has 108 valence electrons. The van der Waals surface area contributed by atoms with Crippen molar-refractivity contribution in [1.82, 2.24) is 14.8 Å². The van der Waals surface area contributed by atoms with E-state index in [4.69, 9.17) is 0 Å². The number of halogens is 2. The van der Waals surface area contributed by atoms with Crippen LogP contribution in [0.5, 0.6) is 0 Å². The number of rotatable bonds is 4. The Kier molecular flexibility index (Phi) is 3.39. The van der Waals surface area contributed by atoms with Gasteiger partial charge in [-0.25, -0.2) is 8.78 Å². The van der Waals surface area contributed by atoms with Crippen LogP contribution in [0.15, 0.2) is 42.6 Å². The summed E-state index contributed by atoms with van der Waals surface area (Å²) in [7, 11) is 0. The van der Waals surface area contributed by atoms with E-state index in [1.807, 2.05) is 24.3 Å². The predicted octanol–water partition coefficient (Wildman–Crippen LogP) is 2.88. The summed E-state index contributed by atoms with van der Waals surface area (Å²) in [6.45, 7) is -0.517. The largest absolute Gasteiger partial charge is 0.338 e. The molecule has 1 amide bonds. The molecular formula is C14H12F2N4O. The number of H-pyrrole nitrogens is 1. The van der Waals surface area contributed by atoms with Crippen LogP contribution in [0.25, 0.3) is 10.9 Å². The van der Waals surface area contributed by atoms with Crippen LogP contribution >= 0.6 is 0 Å². The second-order valence-electron chi connectivity index (χ2n) is 4.51. The third kappa shape index (κ3) is 2.62. The molecule has 0 unspecified atom stereocenters. The Bertz CT molecular complexity index is 778. The molecule has 21 heavy (non-hydrogen) atoms. The zero-order chi connectivity index (χ0) is 14.8. The van der Waals surface area contributed by atoms with Gasteiger partial charge in [0.2, 0.25) is 0 Å². The standard InChI is InChI=1S/C14H12F2N4O/c15-12(16)8-20-7-3-6-11(20)14(21)17-13-9-4-1-2-5-10(9)18-19-13/h1-7,12H,8H2,(H2,17,18,19,21). The van der Waals surface area contributed by atoms with E-state index >= 15 is 0 Å². The van der Waals surface area contributed by atoms with Gasteiger partial charge in [0, 0.05) is 11.6 Å². The van der Waals surface area contributed by atoms with Gasteiger partial charge in [-0.15, -0.1) is 0 Å². The van der Waals surface area contributed by atoms with Gasteiger partial charge in [-0.2, -0.15) is 5.10 Å². The van der Waals surface area contributed by atoms with E-state index in [9.17, 15) is 13.6 Å². The maximum Gasteiger partial charge on any atom is 0.273 e. The SMILES string of the molecule is O=C(Nc1n[nH]c2ccccc12)c1cccn1CC(F)F. The third-order valence-corrected chi connectivity index (χ3v) is 3.10. The first kappa shape index (κ1) is 13.3. The molecular weight excluding hydrogens is 278 g/mol. The predicted molar refractivity (Wildman–Crippen MR) is 74.5 cm³/mol. The van der Waals surface area contributed by atoms with Crippen molar-refractivity contribution in [2.45, 2.75) is 13.0 Å². The lowest BCUT2D eigenvalue weighted by molar-refractivity contribution is 0.0997. The van der Waals surface area contributed by atoms with Gasteiger partial charge in [0.05, 0.1) is 12.1 Å². The quantitative estimate of drug-likeness (QED) is 0.776. The normalized spacial score (nSPS) is 11.2. The number of anilines is 1. The Balaban J connectivity index is 1.85. The summed E-state index contributed by atoms with van der Waals surface area (Å²) in [6, 6.07) is 10.4. The zero-order valence-electron chi connectivity index (χ0n) is 10.9. The highest BCUT2D eigenvalue weighted by Crippen LogP contribution is 2.20. The van der Waals surface area contributed by atoms with Crippen molar-refractivity contribution in [2.75, 3.05) is 5.32 Å². The van der Waals surface area contributed by atoms with Crippen molar-refractivity contribution in [3.8, 4) is 0 Å². The minimum Gasteiger partial charge on any atom is -0.338 e. The molecule has 2 aromatic heterocycles. The average molecular weight is 290 g/mol. The van der Waals surface area contributed by atoms with Crippen LogP contribution in [0.1, 0.15) is 10.5 Å². The third-order valence-electron chi connectivity index (χ3n) is 3.10. The molecule has 0 radical (unpaired) electrons. The number of hydrogen-bond donors (Lipinski definition) is 2. The number of nitrogens with one attached hydrogen (secondary N) is 2. The molecule has 2 heterocycles. The van der Waals surface area contributed by atoms with Crippen molar-refractivity contribution in [3.05, 3.63) is 48.3 Å². The van der Waals surface area contributed by atoms with Crippen LogP contribution in [0.3, 0.4) is 0 Å². The number of carbonyl (C=O) groups is 1. The topological polar surface area (TPSA) is 62.7 Å². The summed E-state index contributed by atoms with van der Waals surface area (Å²) in [5.41, 5.74) is 0.957. The highest BCUT2D eigenvalue weighted by Gasteiger charge is 2.16. The first-order valence-corrected chi connectivity index (χ1v) is 6.33. The van der Waals surface area contributed by atoms with Crippen molar-refractivity contribution in [1.29, 1.82) is 0 Å². The summed E-state index contributed by atoms with van der Waals surface area (Å²) in [4.78, 5) is 12.2. The molecule has 0 saturated carbocycles. The molecule has 0 bridgehead atoms. The van der Waals surface area contributed by atoms with E-state index in [1.54, 1.807) is 6.07 Å². The van der Waals surface area contributed by atoms with Crippen molar-refractivity contribution in [2.24, 2.45) is 0 Å². The number of alkyl halides is 2. The minimum absolute atomic E-state index is 0.169. The van der Waals surface area contributed by atoms with Gasteiger partial charge in [-0.05, 0) is 24.3 Å². The lowest BCUT2D eigenvalue weighted by Gasteiger charge is -2.08. The van der Waals surface area contributed by atoms with E-state index in [0.29, 0.717) is 5.82 Å². The molecule has 3 aromatic rings. The Morgan fingerprint density at radius 1 is 1.29 bits per heavy atom. The summed E-state index contributed by atoms with van der Waals surface area (Å²) in [5, 5.41) is 10.2. The summed E-state index contributed by atoms with van der Waals surface area (Å²) in [6.07, 6.45) is -1.07. The molecule has 0 fully saturated rings. The molecule has 0 saturated heterocycles. The lowest BCUT2D eigenvalue weighted by atomic mass is 10.2. The Hall–Kier alpha value is -2.70. The van der Waals surface area contributed by atoms with Gasteiger partial charge in [0.25, 0.3) is 12.3 Å². The zero-order valence-corrected chi connectivity index (χ0v) is 10.9. The molecule has 0 aliphatic heterocycles. The number of carbonyl (C=O) groups excluding carboxylic acids is 1. The number of nitrogens with zero attached hydrogens (tertiary/aromatic N) is 2. The number of aromatic nitrogens is 3. The Morgan fingerprint density at radius 3 is 2.90 bits per heavy atom. The lowest BCUT2D eigenvalue weighted by Crippen LogP contribution is -2.19. The van der Waals surface area contributed by atoms with Crippen LogP contribution in [-0.4, -0.2) is 27.1 Å². The number of aromatic amines is 1. The van der Waals surface area contributed by atoms with Gasteiger partial charge >= 0.3 is 0 Å². The van der Waals surface area contributed by atoms with Gasteiger partial charge in [-0.1, -0.05) is 12.1 Å². The van der Waals surface area contributed by atoms with Crippen molar-refractivity contribution in [3.63, 3.8) is 0 Å². The maximum absolute atomic E-state index is 12.5. The fraction of sp³-hybridized carbons (Fsp3) is 0.143. The fourth-order valence-corrected chi connectivity index (χ4v) is 2.16. The Labute approximate surface area is 118 Å². The molecule has 3 rings (SSSR count). The van der Waals surface area contributed by atoms with Crippen LogP contribution in [0.2, 0.25) is 0 Å². The van der Waals surface area contributed by atoms with Crippen molar-refractivity contribution >= 4 is 22.6 Å². The molecule has 5 nitrogen and oxygen atoms in total. The van der Waals surface area contributed by atoms with Crippen LogP contribution < -0.4 is 5.32 Å². The van der Waals surface area contributed by atoms with E-state index in [0.717, 1.165) is 10.9 Å². The maximum atomic E-state index is 12.5. The molecule has 1 aromatic carbocycles. The molecule has 0 aliphatic carbocycles. The second-order valence-corrected chi connectivity index (χ2v) is 4.51. The van der Waals surface area contributed by atoms with E-state index in [-0.39, 0.29) is 5.69 Å². The molecule has 0 atom stereocenters. The Morgan fingerprint density at radius 2 is 2.10 bits per heavy atom. The van der Waals surface area contributed by atoms with Crippen molar-refractivity contribution < 1.29 is 13.6 Å². The van der Waals surface area contributed by atoms with E-state index in [2.05, 4.69) is 15.5 Å². The minimum atomic E-state index is -2.52. The van der Waals surface area contributed by atoms with Gasteiger partial charge in [-0.3, -0.25) is 9.89 Å². The monoisotopic (exact) mass is 290 g/mol. The number of benzene rings is 1. The van der Waals surface area contributed by atoms with Gasteiger partial charge in [0.1, 0.15) is 5.69 Å². The van der Waals surface area contributed by atoms with Gasteiger partial charge < -0.3 is 9.88 Å². The average Bonchev–Trinajstić information content (AvgIpc) is 3.06. The first-order chi connectivity index (χ1) is 10.1. The summed E-state index contributed by atoms with van der Waals surface area (Å²) < 4.78 is 26.1. The first-order valence-electron chi connectivity index (χ1n) is 6.33. The van der Waals surface area contributed by atoms with Crippen LogP contribution in [0, 0.1) is 0 Å². The summed E-state index contributed by atoms with van der Waals surface area (Å²) in [5.74, 6) is -0.0988. The number of amides is 1. The molecule has 7 heteroatoms. The molecule has 2 N–H and O–H groups in total. The fourth-order valence-electron chi connectivity index (χ4n) is 2.16. The van der Waals surface area contributed by atoms with E-state index < -0.39 is 18.9 Å². The van der Waals surface area contributed by atoms with Crippen LogP contribution in [-0.2, 0) is 6.54 Å². The molecule has 0 spiro atoms. The van der Waals surface area contributed by atoms with Crippen LogP contribution in [0.4, 0.5) is 14.6 Å². The number of para-hydroxylation sites is 1. The smallest absolute Gasteiger partial charge is 0.273 e. The highest BCUT2D eigenvalue weighted by molar-refractivity contribution is 6.07. The molecule has 0 aliphatic rings. The summed E-state index contributed by atoms with van der Waals surface area (Å²) >= 11 is 0. The van der Waals surface area contributed by atoms with E-state index in [1.165, 1.54) is 16.8 Å². The highest BCUT2D eigenvalue weighted by atomic mass is 19.3.